The Bertz CT molecular complexity index is 1650. The summed E-state index contributed by atoms with van der Waals surface area (Å²) in [5.41, 5.74) is 15.2. The topological polar surface area (TPSA) is 89.3 Å². The van der Waals surface area contributed by atoms with Gasteiger partial charge in [0.05, 0.1) is 17.9 Å². The molecule has 7 rings (SSSR count). The van der Waals surface area contributed by atoms with Crippen molar-refractivity contribution in [3.05, 3.63) is 89.6 Å². The highest BCUT2D eigenvalue weighted by Crippen LogP contribution is 2.41. The van der Waals surface area contributed by atoms with Gasteiger partial charge in [0.25, 0.3) is 0 Å². The summed E-state index contributed by atoms with van der Waals surface area (Å²) < 4.78 is 4.03. The maximum absolute atomic E-state index is 6.51. The van der Waals surface area contributed by atoms with E-state index in [1.54, 1.807) is 6.33 Å². The van der Waals surface area contributed by atoms with E-state index in [4.69, 9.17) is 10.8 Å². The summed E-state index contributed by atoms with van der Waals surface area (Å²) in [6, 6.07) is 11.0. The Labute approximate surface area is 234 Å². The quantitative estimate of drug-likeness (QED) is 0.390. The molecule has 1 saturated heterocycles. The molecule has 3 aliphatic rings. The van der Waals surface area contributed by atoms with Crippen molar-refractivity contribution < 1.29 is 0 Å². The number of nitrogens with two attached hydrogens (primary N) is 1. The van der Waals surface area contributed by atoms with Crippen molar-refractivity contribution in [1.29, 1.82) is 0 Å². The van der Waals surface area contributed by atoms with E-state index in [0.29, 0.717) is 11.7 Å². The Morgan fingerprint density at radius 3 is 2.73 bits per heavy atom. The first-order valence-electron chi connectivity index (χ1n) is 14.3. The standard InChI is InChI=1S/C32H36N8/c1-22-3-5-23(6-4-22)19-39-20-25-11-12-32(2,18-28(25)37-39)27-17-29(40-30(27)31(33)35-21-36-40)24-7-9-26(10-8-24)38-15-13-34-14-16-38/h3,5-12,17,20-22,34H,4,13-16,18-19H2,1-2H3,(H2,33,35,36). The third kappa shape index (κ3) is 4.42. The smallest absolute Gasteiger partial charge is 0.151 e. The Morgan fingerprint density at radius 1 is 1.12 bits per heavy atom. The highest BCUT2D eigenvalue weighted by molar-refractivity contribution is 5.81. The third-order valence-electron chi connectivity index (χ3n) is 8.61. The largest absolute Gasteiger partial charge is 0.382 e. The molecular weight excluding hydrogens is 496 g/mol. The Balaban J connectivity index is 1.21. The van der Waals surface area contributed by atoms with Gasteiger partial charge in [-0.25, -0.2) is 9.50 Å². The summed E-state index contributed by atoms with van der Waals surface area (Å²) in [6.07, 6.45) is 16.9. The van der Waals surface area contributed by atoms with Crippen molar-refractivity contribution >= 4 is 23.1 Å². The molecule has 204 valence electrons. The first-order chi connectivity index (χ1) is 19.5. The van der Waals surface area contributed by atoms with Crippen LogP contribution in [0.2, 0.25) is 0 Å². The molecule has 1 aromatic carbocycles. The number of nitrogens with zero attached hydrogens (tertiary/aromatic N) is 6. The van der Waals surface area contributed by atoms with Crippen LogP contribution in [0.25, 0.3) is 22.9 Å². The number of aromatic nitrogens is 5. The SMILES string of the molecule is CC1C=CC(Cn2cc3c(n2)CC(C)(c2cc(-c4ccc(N5CCNCC5)cc4)n4ncnc(N)c24)C=C3)=CC1. The molecule has 0 spiro atoms. The minimum absolute atomic E-state index is 0.297. The second kappa shape index (κ2) is 9.78. The number of piperazine rings is 1. The van der Waals surface area contributed by atoms with Gasteiger partial charge in [-0.05, 0) is 41.7 Å². The maximum Gasteiger partial charge on any atom is 0.151 e. The van der Waals surface area contributed by atoms with Gasteiger partial charge in [0.1, 0.15) is 11.8 Å². The number of benzene rings is 1. The highest BCUT2D eigenvalue weighted by atomic mass is 15.3. The molecule has 8 heteroatoms. The summed E-state index contributed by atoms with van der Waals surface area (Å²) in [6.45, 7) is 9.40. The van der Waals surface area contributed by atoms with E-state index >= 15 is 0 Å². The number of hydrogen-bond donors (Lipinski definition) is 2. The zero-order chi connectivity index (χ0) is 27.3. The Hall–Kier alpha value is -4.17. The van der Waals surface area contributed by atoms with Gasteiger partial charge in [0, 0.05) is 61.0 Å². The average Bonchev–Trinajstić information content (AvgIpc) is 3.57. The molecule has 1 fully saturated rings. The highest BCUT2D eigenvalue weighted by Gasteiger charge is 2.34. The number of anilines is 2. The van der Waals surface area contributed by atoms with Crippen molar-refractivity contribution in [1.82, 2.24) is 29.7 Å². The fourth-order valence-corrected chi connectivity index (χ4v) is 6.25. The van der Waals surface area contributed by atoms with Gasteiger partial charge >= 0.3 is 0 Å². The number of fused-ring (bicyclic) bond motifs is 2. The van der Waals surface area contributed by atoms with Crippen molar-refractivity contribution in [2.45, 2.75) is 38.6 Å². The molecule has 0 saturated carbocycles. The molecule has 4 aromatic rings. The Morgan fingerprint density at radius 2 is 1.95 bits per heavy atom. The third-order valence-corrected chi connectivity index (χ3v) is 8.61. The molecule has 1 aliphatic heterocycles. The summed E-state index contributed by atoms with van der Waals surface area (Å²) in [7, 11) is 0. The van der Waals surface area contributed by atoms with Crippen LogP contribution in [0.1, 0.15) is 37.1 Å². The number of allylic oxidation sites excluding steroid dienone is 5. The van der Waals surface area contributed by atoms with Crippen LogP contribution in [-0.4, -0.2) is 50.6 Å². The Kier molecular flexibility index (Phi) is 6.08. The second-order valence-corrected chi connectivity index (χ2v) is 11.6. The van der Waals surface area contributed by atoms with E-state index in [1.807, 2.05) is 4.52 Å². The van der Waals surface area contributed by atoms with Gasteiger partial charge in [-0.3, -0.25) is 4.68 Å². The zero-order valence-electron chi connectivity index (χ0n) is 23.2. The minimum atomic E-state index is -0.297. The molecule has 4 heterocycles. The van der Waals surface area contributed by atoms with E-state index in [-0.39, 0.29) is 5.41 Å². The number of hydrogen-bond acceptors (Lipinski definition) is 6. The summed E-state index contributed by atoms with van der Waals surface area (Å²) in [4.78, 5) is 6.80. The molecule has 2 atom stereocenters. The summed E-state index contributed by atoms with van der Waals surface area (Å²) >= 11 is 0. The lowest BCUT2D eigenvalue weighted by atomic mass is 9.75. The predicted octanol–water partition coefficient (Wildman–Crippen LogP) is 4.63. The molecule has 0 bridgehead atoms. The number of nitrogens with one attached hydrogen (secondary N) is 1. The van der Waals surface area contributed by atoms with Gasteiger partial charge in [-0.1, -0.05) is 56.4 Å². The van der Waals surface area contributed by atoms with Crippen LogP contribution in [0.3, 0.4) is 0 Å². The molecule has 2 aliphatic carbocycles. The van der Waals surface area contributed by atoms with Crippen LogP contribution in [0.15, 0.2) is 72.7 Å². The average molecular weight is 533 g/mol. The molecular formula is C32H36N8. The lowest BCUT2D eigenvalue weighted by Crippen LogP contribution is -2.43. The maximum atomic E-state index is 6.51. The molecule has 3 N–H and O–H groups in total. The van der Waals surface area contributed by atoms with Crippen LogP contribution in [-0.2, 0) is 18.4 Å². The van der Waals surface area contributed by atoms with Crippen LogP contribution in [0.4, 0.5) is 11.5 Å². The first-order valence-corrected chi connectivity index (χ1v) is 14.3. The van der Waals surface area contributed by atoms with Gasteiger partial charge in [0.15, 0.2) is 5.82 Å². The van der Waals surface area contributed by atoms with Crippen molar-refractivity contribution in [2.75, 3.05) is 36.8 Å². The lowest BCUT2D eigenvalue weighted by Gasteiger charge is -2.29. The van der Waals surface area contributed by atoms with E-state index in [9.17, 15) is 0 Å². The van der Waals surface area contributed by atoms with Crippen LogP contribution in [0, 0.1) is 5.92 Å². The van der Waals surface area contributed by atoms with E-state index in [2.05, 4.69) is 106 Å². The summed E-state index contributed by atoms with van der Waals surface area (Å²) in [5, 5.41) is 13.1. The van der Waals surface area contributed by atoms with Crippen molar-refractivity contribution in [3.8, 4) is 11.3 Å². The molecule has 3 aromatic heterocycles. The zero-order valence-corrected chi connectivity index (χ0v) is 23.2. The van der Waals surface area contributed by atoms with E-state index < -0.39 is 0 Å². The van der Waals surface area contributed by atoms with Crippen molar-refractivity contribution in [2.24, 2.45) is 5.92 Å². The van der Waals surface area contributed by atoms with Crippen LogP contribution in [0.5, 0.6) is 0 Å². The molecule has 0 radical (unpaired) electrons. The molecule has 8 nitrogen and oxygen atoms in total. The number of rotatable bonds is 5. The molecule has 2 unspecified atom stereocenters. The van der Waals surface area contributed by atoms with Gasteiger partial charge in [0.2, 0.25) is 0 Å². The van der Waals surface area contributed by atoms with E-state index in [1.165, 1.54) is 16.8 Å². The molecule has 0 amide bonds. The van der Waals surface area contributed by atoms with Crippen molar-refractivity contribution in [3.63, 3.8) is 0 Å². The normalized spacial score (nSPS) is 22.5. The predicted molar refractivity (Wildman–Crippen MR) is 161 cm³/mol. The monoisotopic (exact) mass is 532 g/mol. The fraction of sp³-hybridized carbons (Fsp3) is 0.344. The van der Waals surface area contributed by atoms with E-state index in [0.717, 1.165) is 73.6 Å². The second-order valence-electron chi connectivity index (χ2n) is 11.6. The van der Waals surface area contributed by atoms with Gasteiger partial charge < -0.3 is 16.0 Å². The number of nitrogen functional groups attached to an aromatic ring is 1. The van der Waals surface area contributed by atoms with Crippen LogP contribution >= 0.6 is 0 Å². The van der Waals surface area contributed by atoms with Crippen LogP contribution < -0.4 is 16.0 Å². The molecule has 40 heavy (non-hydrogen) atoms. The minimum Gasteiger partial charge on any atom is -0.382 e. The van der Waals surface area contributed by atoms with Gasteiger partial charge in [-0.15, -0.1) is 0 Å². The summed E-state index contributed by atoms with van der Waals surface area (Å²) in [5.74, 6) is 1.10. The van der Waals surface area contributed by atoms with Gasteiger partial charge in [-0.2, -0.15) is 10.2 Å². The lowest BCUT2D eigenvalue weighted by molar-refractivity contribution is 0.568. The fourth-order valence-electron chi connectivity index (χ4n) is 6.25. The first kappa shape index (κ1) is 24.8.